The lowest BCUT2D eigenvalue weighted by Gasteiger charge is -2.18. The largest absolute Gasteiger partial charge is 0.380 e. The first-order valence-electron chi connectivity index (χ1n) is 7.36. The smallest absolute Gasteiger partial charge is 0.0710 e. The third-order valence-electron chi connectivity index (χ3n) is 3.90. The van der Waals surface area contributed by atoms with Gasteiger partial charge in [-0.1, -0.05) is 31.2 Å². The van der Waals surface area contributed by atoms with E-state index < -0.39 is 0 Å². The average molecular weight is 262 g/mol. The first kappa shape index (κ1) is 14.5. The van der Waals surface area contributed by atoms with E-state index in [-0.39, 0.29) is 0 Å². The zero-order valence-electron chi connectivity index (χ0n) is 12.2. The second-order valence-electron chi connectivity index (χ2n) is 5.25. The van der Waals surface area contributed by atoms with Gasteiger partial charge in [-0.25, -0.2) is 0 Å². The maximum atomic E-state index is 5.44. The molecular weight excluding hydrogens is 236 g/mol. The Kier molecular flexibility index (Phi) is 5.83. The van der Waals surface area contributed by atoms with Crippen LogP contribution in [0.5, 0.6) is 0 Å². The van der Waals surface area contributed by atoms with E-state index >= 15 is 0 Å². The summed E-state index contributed by atoms with van der Waals surface area (Å²) in [5.74, 6) is 0. The van der Waals surface area contributed by atoms with Gasteiger partial charge >= 0.3 is 0 Å². The number of likely N-dealkylation sites (tertiary alicyclic amines) is 1. The van der Waals surface area contributed by atoms with Crippen LogP contribution in [0.2, 0.25) is 0 Å². The lowest BCUT2D eigenvalue weighted by molar-refractivity contribution is 0.107. The van der Waals surface area contributed by atoms with Crippen molar-refractivity contribution >= 4 is 0 Å². The molecule has 1 fully saturated rings. The molecule has 106 valence electrons. The first-order chi connectivity index (χ1) is 9.33. The molecule has 1 aliphatic heterocycles. The zero-order valence-corrected chi connectivity index (χ0v) is 12.2. The quantitative estimate of drug-likeness (QED) is 0.761. The van der Waals surface area contributed by atoms with Gasteiger partial charge in [0.15, 0.2) is 0 Å². The summed E-state index contributed by atoms with van der Waals surface area (Å²) in [6.07, 6.45) is 2.70. The number of rotatable bonds is 7. The summed E-state index contributed by atoms with van der Waals surface area (Å²) in [5, 5.41) is 3.40. The van der Waals surface area contributed by atoms with E-state index in [1.807, 2.05) is 7.11 Å². The molecule has 3 nitrogen and oxygen atoms in total. The van der Waals surface area contributed by atoms with E-state index in [4.69, 9.17) is 4.74 Å². The van der Waals surface area contributed by atoms with Crippen LogP contribution in [0.1, 0.15) is 24.5 Å². The van der Waals surface area contributed by atoms with Crippen LogP contribution in [0, 0.1) is 0 Å². The molecule has 2 rings (SSSR count). The molecule has 0 radical (unpaired) electrons. The van der Waals surface area contributed by atoms with Crippen LogP contribution in [0.4, 0.5) is 0 Å². The molecular formula is C16H26N2O. The predicted octanol–water partition coefficient (Wildman–Crippen LogP) is 2.06. The highest BCUT2D eigenvalue weighted by Crippen LogP contribution is 2.18. The van der Waals surface area contributed by atoms with Gasteiger partial charge in [-0.15, -0.1) is 0 Å². The van der Waals surface area contributed by atoms with Crippen LogP contribution in [-0.4, -0.2) is 44.3 Å². The van der Waals surface area contributed by atoms with Crippen LogP contribution >= 0.6 is 0 Å². The van der Waals surface area contributed by atoms with Gasteiger partial charge in [0, 0.05) is 26.7 Å². The van der Waals surface area contributed by atoms with Crippen molar-refractivity contribution in [3.8, 4) is 0 Å². The van der Waals surface area contributed by atoms with E-state index in [2.05, 4.69) is 41.4 Å². The van der Waals surface area contributed by atoms with Crippen LogP contribution in [0.3, 0.4) is 0 Å². The summed E-state index contributed by atoms with van der Waals surface area (Å²) >= 11 is 0. The number of hydrogen-bond donors (Lipinski definition) is 1. The Labute approximate surface area is 116 Å². The molecule has 1 aromatic rings. The number of hydrogen-bond acceptors (Lipinski definition) is 3. The molecule has 0 amide bonds. The number of ether oxygens (including phenoxy) is 1. The Balaban J connectivity index is 1.92. The number of benzene rings is 1. The van der Waals surface area contributed by atoms with Gasteiger partial charge in [0.25, 0.3) is 0 Å². The number of nitrogens with zero attached hydrogens (tertiary/aromatic N) is 1. The van der Waals surface area contributed by atoms with Gasteiger partial charge in [-0.2, -0.15) is 0 Å². The molecule has 1 N–H and O–H groups in total. The molecule has 1 heterocycles. The lowest BCUT2D eigenvalue weighted by atomic mass is 10.0. The van der Waals surface area contributed by atoms with Crippen molar-refractivity contribution in [2.45, 2.75) is 32.4 Å². The van der Waals surface area contributed by atoms with Crippen molar-refractivity contribution in [1.82, 2.24) is 10.2 Å². The van der Waals surface area contributed by atoms with Crippen LogP contribution in [-0.2, 0) is 17.7 Å². The molecule has 0 aliphatic carbocycles. The fourth-order valence-electron chi connectivity index (χ4n) is 2.73. The Bertz CT molecular complexity index is 381. The predicted molar refractivity (Wildman–Crippen MR) is 79.4 cm³/mol. The average Bonchev–Trinajstić information content (AvgIpc) is 2.89. The monoisotopic (exact) mass is 262 g/mol. The van der Waals surface area contributed by atoms with E-state index in [0.717, 1.165) is 45.6 Å². The third-order valence-corrected chi connectivity index (χ3v) is 3.90. The number of likely N-dealkylation sites (N-methyl/N-ethyl adjacent to an activating group) is 1. The molecule has 19 heavy (non-hydrogen) atoms. The normalized spacial score (nSPS) is 20.0. The molecule has 1 aromatic carbocycles. The molecule has 1 saturated heterocycles. The minimum atomic E-state index is 0.425. The van der Waals surface area contributed by atoms with Crippen molar-refractivity contribution in [2.75, 3.05) is 33.3 Å². The molecule has 1 atom stereocenters. The summed E-state index contributed by atoms with van der Waals surface area (Å²) in [6.45, 7) is 7.54. The minimum absolute atomic E-state index is 0.425. The van der Waals surface area contributed by atoms with Crippen molar-refractivity contribution in [2.24, 2.45) is 0 Å². The first-order valence-corrected chi connectivity index (χ1v) is 7.36. The van der Waals surface area contributed by atoms with Crippen molar-refractivity contribution in [3.05, 3.63) is 35.4 Å². The Morgan fingerprint density at radius 2 is 2.11 bits per heavy atom. The topological polar surface area (TPSA) is 24.5 Å². The molecule has 1 aliphatic rings. The Hall–Kier alpha value is -0.900. The summed E-state index contributed by atoms with van der Waals surface area (Å²) in [4.78, 5) is 2.50. The Morgan fingerprint density at radius 3 is 2.79 bits per heavy atom. The highest BCUT2D eigenvalue weighted by Gasteiger charge is 2.22. The van der Waals surface area contributed by atoms with Crippen molar-refractivity contribution < 1.29 is 4.74 Å². The molecule has 3 heteroatoms. The highest BCUT2D eigenvalue weighted by atomic mass is 16.5. The standard InChI is InChI=1S/C16H26N2O/c1-3-17-10-8-14-6-4-5-7-15(14)12-18-11-9-16(13-18)19-2/h4-7,16-17H,3,8-13H2,1-2H3. The van der Waals surface area contributed by atoms with Crippen molar-refractivity contribution in [1.29, 1.82) is 0 Å². The van der Waals surface area contributed by atoms with Crippen molar-refractivity contribution in [3.63, 3.8) is 0 Å². The fourth-order valence-corrected chi connectivity index (χ4v) is 2.73. The summed E-state index contributed by atoms with van der Waals surface area (Å²) in [5.41, 5.74) is 2.95. The van der Waals surface area contributed by atoms with E-state index in [0.29, 0.717) is 6.10 Å². The van der Waals surface area contributed by atoms with Crippen LogP contribution in [0.15, 0.2) is 24.3 Å². The lowest BCUT2D eigenvalue weighted by Crippen LogP contribution is -2.23. The Morgan fingerprint density at radius 1 is 1.32 bits per heavy atom. The van der Waals surface area contributed by atoms with Gasteiger partial charge in [0.05, 0.1) is 6.10 Å². The van der Waals surface area contributed by atoms with Gasteiger partial charge in [0.2, 0.25) is 0 Å². The van der Waals surface area contributed by atoms with Gasteiger partial charge in [-0.3, -0.25) is 4.90 Å². The van der Waals surface area contributed by atoms with Gasteiger partial charge in [0.1, 0.15) is 0 Å². The molecule has 0 saturated carbocycles. The second kappa shape index (κ2) is 7.63. The summed E-state index contributed by atoms with van der Waals surface area (Å²) in [6, 6.07) is 8.82. The van der Waals surface area contributed by atoms with Gasteiger partial charge in [-0.05, 0) is 37.1 Å². The molecule has 1 unspecified atom stereocenters. The van der Waals surface area contributed by atoms with E-state index in [9.17, 15) is 0 Å². The van der Waals surface area contributed by atoms with E-state index in [1.165, 1.54) is 11.1 Å². The molecule has 0 spiro atoms. The minimum Gasteiger partial charge on any atom is -0.380 e. The number of nitrogens with one attached hydrogen (secondary N) is 1. The zero-order chi connectivity index (χ0) is 13.5. The molecule has 0 aromatic heterocycles. The number of methoxy groups -OCH3 is 1. The van der Waals surface area contributed by atoms with E-state index in [1.54, 1.807) is 0 Å². The fraction of sp³-hybridized carbons (Fsp3) is 0.625. The molecule has 0 bridgehead atoms. The van der Waals surface area contributed by atoms with Gasteiger partial charge < -0.3 is 10.1 Å². The maximum absolute atomic E-state index is 5.44. The highest BCUT2D eigenvalue weighted by molar-refractivity contribution is 5.27. The summed E-state index contributed by atoms with van der Waals surface area (Å²) < 4.78 is 5.44. The summed E-state index contributed by atoms with van der Waals surface area (Å²) in [7, 11) is 1.82. The maximum Gasteiger partial charge on any atom is 0.0710 e. The van der Waals surface area contributed by atoms with Crippen LogP contribution < -0.4 is 5.32 Å². The van der Waals surface area contributed by atoms with Crippen LogP contribution in [0.25, 0.3) is 0 Å². The third kappa shape index (κ3) is 4.30. The second-order valence-corrected chi connectivity index (χ2v) is 5.25. The SMILES string of the molecule is CCNCCc1ccccc1CN1CCC(OC)C1.